The van der Waals surface area contributed by atoms with Crippen molar-refractivity contribution in [2.45, 2.75) is 19.5 Å². The molecule has 2 aromatic carbocycles. The summed E-state index contributed by atoms with van der Waals surface area (Å²) in [5, 5.41) is 12.6. The maximum atomic E-state index is 13.0. The first-order chi connectivity index (χ1) is 14.1. The standard InChI is InChI=1S/C21H20FN5O2/c22-17-6-4-15(5-7-17)20(28)25-18-3-1-2-14(10-18)11-23-21(29)27-9-8-16-12-24-26-19(16)13-27/h1-7,10,12H,8-9,11,13H2,(H,23,29)(H,24,26)(H,25,28). The van der Waals surface area contributed by atoms with Crippen LogP contribution < -0.4 is 10.6 Å². The maximum Gasteiger partial charge on any atom is 0.318 e. The highest BCUT2D eigenvalue weighted by Crippen LogP contribution is 2.16. The average molecular weight is 393 g/mol. The summed E-state index contributed by atoms with van der Waals surface area (Å²) in [6.45, 7) is 1.49. The summed E-state index contributed by atoms with van der Waals surface area (Å²) in [5.41, 5.74) is 3.95. The van der Waals surface area contributed by atoms with Crippen LogP contribution in [0.4, 0.5) is 14.9 Å². The largest absolute Gasteiger partial charge is 0.334 e. The molecule has 0 radical (unpaired) electrons. The van der Waals surface area contributed by atoms with Gasteiger partial charge in [-0.25, -0.2) is 9.18 Å². The van der Waals surface area contributed by atoms with E-state index in [1.54, 1.807) is 29.3 Å². The highest BCUT2D eigenvalue weighted by atomic mass is 19.1. The Morgan fingerprint density at radius 1 is 1.17 bits per heavy atom. The van der Waals surface area contributed by atoms with E-state index in [1.165, 1.54) is 24.3 Å². The van der Waals surface area contributed by atoms with E-state index in [2.05, 4.69) is 20.8 Å². The first-order valence-electron chi connectivity index (χ1n) is 9.28. The first kappa shape index (κ1) is 18.7. The number of halogens is 1. The summed E-state index contributed by atoms with van der Waals surface area (Å²) in [4.78, 5) is 26.5. The van der Waals surface area contributed by atoms with Crippen LogP contribution in [-0.2, 0) is 19.5 Å². The number of carbonyl (C=O) groups excluding carboxylic acids is 2. The van der Waals surface area contributed by atoms with Crippen LogP contribution in [0.1, 0.15) is 27.2 Å². The van der Waals surface area contributed by atoms with E-state index in [4.69, 9.17) is 0 Å². The van der Waals surface area contributed by atoms with Crippen LogP contribution in [0.15, 0.2) is 54.7 Å². The lowest BCUT2D eigenvalue weighted by molar-refractivity contribution is 0.102. The number of fused-ring (bicyclic) bond motifs is 1. The van der Waals surface area contributed by atoms with Gasteiger partial charge in [0.25, 0.3) is 5.91 Å². The number of amides is 3. The van der Waals surface area contributed by atoms with Crippen molar-refractivity contribution in [3.8, 4) is 0 Å². The SMILES string of the molecule is O=C(Nc1cccc(CNC(=O)N2CCc3cn[nH]c3C2)c1)c1ccc(F)cc1. The second-order valence-corrected chi connectivity index (χ2v) is 6.87. The zero-order valence-electron chi connectivity index (χ0n) is 15.6. The summed E-state index contributed by atoms with van der Waals surface area (Å²) in [7, 11) is 0. The van der Waals surface area contributed by atoms with E-state index in [9.17, 15) is 14.0 Å². The minimum Gasteiger partial charge on any atom is -0.334 e. The third-order valence-electron chi connectivity index (χ3n) is 4.83. The first-order valence-corrected chi connectivity index (χ1v) is 9.28. The lowest BCUT2D eigenvalue weighted by Gasteiger charge is -2.26. The predicted molar refractivity (Wildman–Crippen MR) is 106 cm³/mol. The van der Waals surface area contributed by atoms with Crippen LogP contribution in [0.5, 0.6) is 0 Å². The molecule has 0 fully saturated rings. The normalized spacial score (nSPS) is 12.9. The van der Waals surface area contributed by atoms with Crippen molar-refractivity contribution in [2.75, 3.05) is 11.9 Å². The van der Waals surface area contributed by atoms with Crippen molar-refractivity contribution in [2.24, 2.45) is 0 Å². The van der Waals surface area contributed by atoms with Crippen molar-refractivity contribution >= 4 is 17.6 Å². The number of urea groups is 1. The Bertz CT molecular complexity index is 1030. The number of nitrogens with one attached hydrogen (secondary N) is 3. The molecule has 3 aromatic rings. The highest BCUT2D eigenvalue weighted by molar-refractivity contribution is 6.04. The number of aromatic amines is 1. The Morgan fingerprint density at radius 2 is 2.00 bits per heavy atom. The maximum absolute atomic E-state index is 13.0. The minimum absolute atomic E-state index is 0.147. The van der Waals surface area contributed by atoms with Crippen molar-refractivity contribution in [1.82, 2.24) is 20.4 Å². The molecule has 0 atom stereocenters. The molecule has 1 aromatic heterocycles. The molecular weight excluding hydrogens is 373 g/mol. The van der Waals surface area contributed by atoms with Crippen molar-refractivity contribution in [1.29, 1.82) is 0 Å². The van der Waals surface area contributed by atoms with Gasteiger partial charge in [0.2, 0.25) is 0 Å². The van der Waals surface area contributed by atoms with Crippen LogP contribution >= 0.6 is 0 Å². The molecule has 1 aliphatic heterocycles. The molecule has 3 amide bonds. The van der Waals surface area contributed by atoms with Gasteiger partial charge in [0.05, 0.1) is 18.4 Å². The Morgan fingerprint density at radius 3 is 2.83 bits per heavy atom. The van der Waals surface area contributed by atoms with Crippen LogP contribution in [0.3, 0.4) is 0 Å². The number of benzene rings is 2. The molecule has 0 spiro atoms. The van der Waals surface area contributed by atoms with Crippen LogP contribution in [0, 0.1) is 5.82 Å². The average Bonchev–Trinajstić information content (AvgIpc) is 3.20. The molecular formula is C21H20FN5O2. The smallest absolute Gasteiger partial charge is 0.318 e. The molecule has 0 aliphatic carbocycles. The lowest BCUT2D eigenvalue weighted by Crippen LogP contribution is -2.42. The van der Waals surface area contributed by atoms with E-state index in [-0.39, 0.29) is 11.9 Å². The third-order valence-corrected chi connectivity index (χ3v) is 4.83. The summed E-state index contributed by atoms with van der Waals surface area (Å²) < 4.78 is 13.0. The molecule has 29 heavy (non-hydrogen) atoms. The number of hydrogen-bond acceptors (Lipinski definition) is 3. The van der Waals surface area contributed by atoms with Gasteiger partial charge < -0.3 is 15.5 Å². The Kier molecular flexibility index (Phi) is 5.24. The fraction of sp³-hybridized carbons (Fsp3) is 0.190. The Balaban J connectivity index is 1.33. The zero-order chi connectivity index (χ0) is 20.2. The zero-order valence-corrected chi connectivity index (χ0v) is 15.6. The van der Waals surface area contributed by atoms with Crippen molar-refractivity contribution < 1.29 is 14.0 Å². The molecule has 0 unspecified atom stereocenters. The van der Waals surface area contributed by atoms with Gasteiger partial charge in [-0.1, -0.05) is 12.1 Å². The molecule has 7 nitrogen and oxygen atoms in total. The molecule has 0 saturated heterocycles. The van der Waals surface area contributed by atoms with Gasteiger partial charge >= 0.3 is 6.03 Å². The fourth-order valence-corrected chi connectivity index (χ4v) is 3.24. The van der Waals surface area contributed by atoms with Crippen molar-refractivity contribution in [3.05, 3.63) is 82.9 Å². The monoisotopic (exact) mass is 393 g/mol. The van der Waals surface area contributed by atoms with Gasteiger partial charge in [0.1, 0.15) is 5.82 Å². The highest BCUT2D eigenvalue weighted by Gasteiger charge is 2.21. The van der Waals surface area contributed by atoms with E-state index in [1.807, 2.05) is 6.07 Å². The molecule has 1 aliphatic rings. The number of hydrogen-bond donors (Lipinski definition) is 3. The molecule has 3 N–H and O–H groups in total. The minimum atomic E-state index is -0.392. The second-order valence-electron chi connectivity index (χ2n) is 6.87. The molecule has 4 rings (SSSR count). The van der Waals surface area contributed by atoms with Gasteiger partial charge in [0, 0.05) is 24.3 Å². The van der Waals surface area contributed by atoms with Crippen molar-refractivity contribution in [3.63, 3.8) is 0 Å². The number of H-pyrrole nitrogens is 1. The van der Waals surface area contributed by atoms with E-state index in [0.717, 1.165) is 23.2 Å². The van der Waals surface area contributed by atoms with Gasteiger partial charge in [-0.05, 0) is 53.9 Å². The number of rotatable bonds is 4. The Hall–Kier alpha value is -3.68. The topological polar surface area (TPSA) is 90.1 Å². The van der Waals surface area contributed by atoms with E-state index in [0.29, 0.717) is 30.9 Å². The third kappa shape index (κ3) is 4.43. The molecule has 148 valence electrons. The summed E-state index contributed by atoms with van der Waals surface area (Å²) >= 11 is 0. The number of aromatic nitrogens is 2. The summed E-state index contributed by atoms with van der Waals surface area (Å²) in [6.07, 6.45) is 2.58. The summed E-state index contributed by atoms with van der Waals surface area (Å²) in [5.74, 6) is -0.716. The quantitative estimate of drug-likeness (QED) is 0.636. The summed E-state index contributed by atoms with van der Waals surface area (Å²) in [6, 6.07) is 12.4. The van der Waals surface area contributed by atoms with E-state index >= 15 is 0 Å². The van der Waals surface area contributed by atoms with Gasteiger partial charge in [0.15, 0.2) is 0 Å². The van der Waals surface area contributed by atoms with Crippen LogP contribution in [0.2, 0.25) is 0 Å². The second kappa shape index (κ2) is 8.14. The fourth-order valence-electron chi connectivity index (χ4n) is 3.24. The number of nitrogens with zero attached hydrogens (tertiary/aromatic N) is 2. The molecule has 0 saturated carbocycles. The van der Waals surface area contributed by atoms with Gasteiger partial charge in [-0.2, -0.15) is 5.10 Å². The predicted octanol–water partition coefficient (Wildman–Crippen LogP) is 3.07. The number of anilines is 1. The molecule has 0 bridgehead atoms. The molecule has 8 heteroatoms. The Labute approximate surface area is 166 Å². The van der Waals surface area contributed by atoms with Gasteiger partial charge in [-0.15, -0.1) is 0 Å². The van der Waals surface area contributed by atoms with Crippen LogP contribution in [-0.4, -0.2) is 33.6 Å². The van der Waals surface area contributed by atoms with Gasteiger partial charge in [-0.3, -0.25) is 9.89 Å². The number of carbonyl (C=O) groups is 2. The molecule has 2 heterocycles. The van der Waals surface area contributed by atoms with E-state index < -0.39 is 5.82 Å². The van der Waals surface area contributed by atoms with Crippen LogP contribution in [0.25, 0.3) is 0 Å². The lowest BCUT2D eigenvalue weighted by atomic mass is 10.1.